The average molecular weight is 533 g/mol. The van der Waals surface area contributed by atoms with Gasteiger partial charge in [-0.25, -0.2) is 0 Å². The van der Waals surface area contributed by atoms with E-state index in [1.165, 1.54) is 0 Å². The molecule has 4 aromatic rings. The Morgan fingerprint density at radius 3 is 2.53 bits per heavy atom. The summed E-state index contributed by atoms with van der Waals surface area (Å²) >= 11 is 9.51. The van der Waals surface area contributed by atoms with E-state index < -0.39 is 0 Å². The summed E-state index contributed by atoms with van der Waals surface area (Å²) in [5.74, 6) is 0.863. The van der Waals surface area contributed by atoms with Crippen LogP contribution < -0.4 is 15.0 Å². The molecule has 3 heterocycles. The van der Waals surface area contributed by atoms with Crippen LogP contribution in [0.3, 0.4) is 0 Å². The Morgan fingerprint density at radius 1 is 1.03 bits per heavy atom. The maximum absolute atomic E-state index is 5.88. The number of pyridine rings is 1. The van der Waals surface area contributed by atoms with Gasteiger partial charge in [0.05, 0.1) is 18.3 Å². The first-order valence-corrected chi connectivity index (χ1v) is 12.4. The Morgan fingerprint density at radius 2 is 1.82 bits per heavy atom. The molecule has 1 aliphatic rings. The van der Waals surface area contributed by atoms with E-state index >= 15 is 0 Å². The van der Waals surface area contributed by atoms with Crippen molar-refractivity contribution in [3.05, 3.63) is 107 Å². The lowest BCUT2D eigenvalue weighted by molar-refractivity contribution is 0.340. The minimum Gasteiger partial charge on any atom is -0.494 e. The highest BCUT2D eigenvalue weighted by Crippen LogP contribution is 2.42. The fourth-order valence-electron chi connectivity index (χ4n) is 4.45. The summed E-state index contributed by atoms with van der Waals surface area (Å²) in [6, 6.07) is 24.6. The smallest absolute Gasteiger partial charge is 0.174 e. The van der Waals surface area contributed by atoms with Gasteiger partial charge in [-0.05, 0) is 98.4 Å². The number of nitrogens with one attached hydrogen (secondary N) is 1. The topological polar surface area (TPSA) is 42.3 Å². The molecule has 1 fully saturated rings. The predicted molar refractivity (Wildman–Crippen MR) is 144 cm³/mol. The second-order valence-corrected chi connectivity index (χ2v) is 9.40. The Balaban J connectivity index is 1.62. The third-order valence-corrected chi connectivity index (χ3v) is 7.23. The second kappa shape index (κ2) is 9.60. The Bertz CT molecular complexity index is 1310. The van der Waals surface area contributed by atoms with Gasteiger partial charge in [-0.2, -0.15) is 0 Å². The number of aryl methyl sites for hydroxylation is 1. The van der Waals surface area contributed by atoms with Gasteiger partial charge in [0, 0.05) is 33.9 Å². The number of hydrogen-bond acceptors (Lipinski definition) is 3. The molecule has 5 rings (SSSR count). The Labute approximate surface area is 213 Å². The van der Waals surface area contributed by atoms with E-state index in [0.29, 0.717) is 11.7 Å². The van der Waals surface area contributed by atoms with Crippen LogP contribution >= 0.6 is 28.1 Å². The fraction of sp³-hybridized carbons (Fsp3) is 0.185. The summed E-state index contributed by atoms with van der Waals surface area (Å²) in [6.07, 6.45) is 3.92. The zero-order valence-corrected chi connectivity index (χ0v) is 21.4. The van der Waals surface area contributed by atoms with Crippen molar-refractivity contribution in [1.29, 1.82) is 0 Å². The normalized spacial score (nSPS) is 17.6. The Hall–Kier alpha value is -3.16. The SMILES string of the molecule is CCOc1ccc(-n2cccc2C2C(c3ccccn3)NC(=S)N2c2ccc(Br)c(C)c2)cc1. The second-order valence-electron chi connectivity index (χ2n) is 8.16. The summed E-state index contributed by atoms with van der Waals surface area (Å²) in [7, 11) is 0. The van der Waals surface area contributed by atoms with Crippen LogP contribution in [-0.4, -0.2) is 21.3 Å². The Kier molecular flexibility index (Phi) is 6.39. The average Bonchev–Trinajstić information content (AvgIpc) is 3.46. The molecule has 2 unspecified atom stereocenters. The van der Waals surface area contributed by atoms with E-state index in [-0.39, 0.29) is 12.1 Å². The standard InChI is InChI=1S/C27H25BrN4OS/c1-3-33-21-12-9-19(10-13-21)31-16-6-8-24(31)26-25(23-7-4-5-15-29-23)30-27(34)32(26)20-11-14-22(28)18(2)17-20/h4-17,25-26H,3H2,1-2H3,(H,30,34). The van der Waals surface area contributed by atoms with Crippen molar-refractivity contribution in [3.8, 4) is 11.4 Å². The largest absolute Gasteiger partial charge is 0.494 e. The number of thiocarbonyl (C=S) groups is 1. The highest BCUT2D eigenvalue weighted by Gasteiger charge is 2.42. The lowest BCUT2D eigenvalue weighted by Gasteiger charge is -2.29. The molecule has 34 heavy (non-hydrogen) atoms. The van der Waals surface area contributed by atoms with Gasteiger partial charge in [0.25, 0.3) is 0 Å². The highest BCUT2D eigenvalue weighted by atomic mass is 79.9. The molecule has 2 aromatic heterocycles. The molecule has 172 valence electrons. The van der Waals surface area contributed by atoms with Crippen molar-refractivity contribution in [1.82, 2.24) is 14.9 Å². The van der Waals surface area contributed by atoms with Crippen molar-refractivity contribution < 1.29 is 4.74 Å². The first kappa shape index (κ1) is 22.6. The summed E-state index contributed by atoms with van der Waals surface area (Å²) in [5.41, 5.74) is 5.33. The monoisotopic (exact) mass is 532 g/mol. The lowest BCUT2D eigenvalue weighted by Crippen LogP contribution is -2.30. The summed E-state index contributed by atoms with van der Waals surface area (Å²) < 4.78 is 8.92. The molecule has 0 radical (unpaired) electrons. The number of nitrogens with zero attached hydrogens (tertiary/aromatic N) is 3. The summed E-state index contributed by atoms with van der Waals surface area (Å²) in [5, 5.41) is 4.23. The number of hydrogen-bond donors (Lipinski definition) is 1. The number of rotatable bonds is 6. The van der Waals surface area contributed by atoms with Crippen LogP contribution in [0, 0.1) is 6.92 Å². The van der Waals surface area contributed by atoms with Gasteiger partial charge in [0.1, 0.15) is 11.8 Å². The van der Waals surface area contributed by atoms with Crippen molar-refractivity contribution in [2.75, 3.05) is 11.5 Å². The predicted octanol–water partition coefficient (Wildman–Crippen LogP) is 6.52. The molecule has 0 amide bonds. The molecule has 0 spiro atoms. The molecule has 1 saturated heterocycles. The molecular weight excluding hydrogens is 508 g/mol. The number of ether oxygens (including phenoxy) is 1. The van der Waals surface area contributed by atoms with E-state index in [9.17, 15) is 0 Å². The molecule has 5 nitrogen and oxygen atoms in total. The van der Waals surface area contributed by atoms with Gasteiger partial charge < -0.3 is 19.5 Å². The number of aromatic nitrogens is 2. The number of benzene rings is 2. The van der Waals surface area contributed by atoms with Gasteiger partial charge in [-0.3, -0.25) is 4.98 Å². The van der Waals surface area contributed by atoms with Gasteiger partial charge in [0.15, 0.2) is 5.11 Å². The van der Waals surface area contributed by atoms with Crippen LogP contribution in [0.2, 0.25) is 0 Å². The number of anilines is 1. The van der Waals surface area contributed by atoms with Gasteiger partial charge in [-0.15, -0.1) is 0 Å². The van der Waals surface area contributed by atoms with Crippen molar-refractivity contribution in [2.45, 2.75) is 25.9 Å². The minimum atomic E-state index is -0.103. The van der Waals surface area contributed by atoms with E-state index in [2.05, 4.69) is 91.3 Å². The van der Waals surface area contributed by atoms with Crippen LogP contribution in [0.1, 0.15) is 36.0 Å². The first-order chi connectivity index (χ1) is 16.6. The van der Waals surface area contributed by atoms with Crippen molar-refractivity contribution in [2.24, 2.45) is 0 Å². The van der Waals surface area contributed by atoms with Crippen LogP contribution in [0.4, 0.5) is 5.69 Å². The molecule has 2 atom stereocenters. The van der Waals surface area contributed by atoms with Crippen LogP contribution in [0.5, 0.6) is 5.75 Å². The molecule has 7 heteroatoms. The van der Waals surface area contributed by atoms with E-state index in [1.807, 2.05) is 43.5 Å². The highest BCUT2D eigenvalue weighted by molar-refractivity contribution is 9.10. The zero-order chi connectivity index (χ0) is 23.7. The third-order valence-electron chi connectivity index (χ3n) is 6.03. The molecule has 0 aliphatic carbocycles. The van der Waals surface area contributed by atoms with Crippen LogP contribution in [0.25, 0.3) is 5.69 Å². The maximum Gasteiger partial charge on any atom is 0.174 e. The van der Waals surface area contributed by atoms with Crippen LogP contribution in [-0.2, 0) is 0 Å². The number of halogens is 1. The van der Waals surface area contributed by atoms with Gasteiger partial charge in [0.2, 0.25) is 0 Å². The van der Waals surface area contributed by atoms with Crippen molar-refractivity contribution >= 4 is 38.9 Å². The maximum atomic E-state index is 5.88. The van der Waals surface area contributed by atoms with E-state index in [1.54, 1.807) is 0 Å². The fourth-order valence-corrected chi connectivity index (χ4v) is 5.04. The van der Waals surface area contributed by atoms with Gasteiger partial charge in [-0.1, -0.05) is 22.0 Å². The van der Waals surface area contributed by atoms with Crippen molar-refractivity contribution in [3.63, 3.8) is 0 Å². The van der Waals surface area contributed by atoms with Gasteiger partial charge >= 0.3 is 0 Å². The zero-order valence-electron chi connectivity index (χ0n) is 19.0. The third kappa shape index (κ3) is 4.21. The van der Waals surface area contributed by atoms with E-state index in [4.69, 9.17) is 17.0 Å². The minimum absolute atomic E-state index is 0.0930. The van der Waals surface area contributed by atoms with E-state index in [0.717, 1.165) is 38.5 Å². The van der Waals surface area contributed by atoms with Crippen LogP contribution in [0.15, 0.2) is 89.7 Å². The first-order valence-electron chi connectivity index (χ1n) is 11.2. The summed E-state index contributed by atoms with van der Waals surface area (Å²) in [6.45, 7) is 4.73. The lowest BCUT2D eigenvalue weighted by atomic mass is 10.0. The molecular formula is C27H25BrN4OS. The molecule has 1 aliphatic heterocycles. The molecule has 0 bridgehead atoms. The quantitative estimate of drug-likeness (QED) is 0.286. The molecule has 0 saturated carbocycles. The summed E-state index contributed by atoms with van der Waals surface area (Å²) in [4.78, 5) is 6.87. The molecule has 2 aromatic carbocycles. The molecule has 1 N–H and O–H groups in total.